The van der Waals surface area contributed by atoms with Gasteiger partial charge in [-0.3, -0.25) is 0 Å². The smallest absolute Gasteiger partial charge is 0.0945 e. The van der Waals surface area contributed by atoms with Gasteiger partial charge in [-0.25, -0.2) is 4.98 Å². The fourth-order valence-corrected chi connectivity index (χ4v) is 1.19. The molecule has 0 aliphatic carbocycles. The summed E-state index contributed by atoms with van der Waals surface area (Å²) in [6, 6.07) is 0. The lowest BCUT2D eigenvalue weighted by atomic mass is 9.88. The van der Waals surface area contributed by atoms with Crippen LogP contribution >= 0.6 is 0 Å². The first-order chi connectivity index (χ1) is 5.64. The number of nitrogens with zero attached hydrogens (tertiary/aromatic N) is 2. The Balaban J connectivity index is 3.02. The van der Waals surface area contributed by atoms with Gasteiger partial charge in [0.05, 0.1) is 12.9 Å². The summed E-state index contributed by atoms with van der Waals surface area (Å²) in [7, 11) is 1.89. The second-order valence-corrected chi connectivity index (χ2v) is 3.31. The number of hydrogen-bond acceptors (Lipinski definition) is 3. The number of rotatable bonds is 3. The molecule has 68 valence electrons. The van der Waals surface area contributed by atoms with Gasteiger partial charge in [0.2, 0.25) is 0 Å². The average molecular weight is 169 g/mol. The number of imidazole rings is 1. The first-order valence-electron chi connectivity index (χ1n) is 3.92. The second kappa shape index (κ2) is 3.25. The molecule has 3 N–H and O–H groups in total. The van der Waals surface area contributed by atoms with Crippen LogP contribution in [-0.2, 0) is 12.5 Å². The lowest BCUT2D eigenvalue weighted by Crippen LogP contribution is -2.37. The molecule has 0 aromatic carbocycles. The summed E-state index contributed by atoms with van der Waals surface area (Å²) >= 11 is 0. The maximum Gasteiger partial charge on any atom is 0.0945 e. The molecule has 1 atom stereocenters. The third kappa shape index (κ3) is 1.35. The Bertz CT molecular complexity index is 253. The molecule has 4 nitrogen and oxygen atoms in total. The molecule has 0 saturated heterocycles. The third-order valence-electron chi connectivity index (χ3n) is 2.23. The van der Waals surface area contributed by atoms with Crippen LogP contribution in [0, 0.1) is 0 Å². The fraction of sp³-hybridized carbons (Fsp3) is 0.625. The average Bonchev–Trinajstić information content (AvgIpc) is 2.51. The quantitative estimate of drug-likeness (QED) is 0.649. The highest BCUT2D eigenvalue weighted by Gasteiger charge is 2.26. The summed E-state index contributed by atoms with van der Waals surface area (Å²) in [6.07, 6.45) is 3.45. The van der Waals surface area contributed by atoms with Gasteiger partial charge < -0.3 is 15.4 Å². The summed E-state index contributed by atoms with van der Waals surface area (Å²) in [5, 5.41) is 9.16. The standard InChI is InChI=1S/C8H15N3O/c1-8(4-9,5-12)7-3-10-6-11(7)2/h3,6,12H,4-5,9H2,1-2H3. The molecule has 1 heterocycles. The van der Waals surface area contributed by atoms with Gasteiger partial charge >= 0.3 is 0 Å². The number of aromatic nitrogens is 2. The number of aliphatic hydroxyl groups excluding tert-OH is 1. The van der Waals surface area contributed by atoms with Crippen LogP contribution in [0.4, 0.5) is 0 Å². The number of aryl methyl sites for hydroxylation is 1. The number of aliphatic hydroxyl groups is 1. The van der Waals surface area contributed by atoms with Crippen molar-refractivity contribution < 1.29 is 5.11 Å². The van der Waals surface area contributed by atoms with Crippen molar-refractivity contribution in [2.75, 3.05) is 13.2 Å². The van der Waals surface area contributed by atoms with E-state index in [0.717, 1.165) is 5.69 Å². The minimum absolute atomic E-state index is 0.0447. The highest BCUT2D eigenvalue weighted by atomic mass is 16.3. The summed E-state index contributed by atoms with van der Waals surface area (Å²) < 4.78 is 1.88. The summed E-state index contributed by atoms with van der Waals surface area (Å²) in [5.41, 5.74) is 6.17. The predicted octanol–water partition coefficient (Wildman–Crippen LogP) is -0.371. The highest BCUT2D eigenvalue weighted by Crippen LogP contribution is 2.20. The molecular formula is C8H15N3O. The zero-order chi connectivity index (χ0) is 9.19. The Kier molecular flexibility index (Phi) is 2.49. The summed E-state index contributed by atoms with van der Waals surface area (Å²) in [6.45, 7) is 2.38. The van der Waals surface area contributed by atoms with Crippen molar-refractivity contribution in [3.8, 4) is 0 Å². The lowest BCUT2D eigenvalue weighted by molar-refractivity contribution is 0.204. The predicted molar refractivity (Wildman–Crippen MR) is 46.7 cm³/mol. The number of hydrogen-bond donors (Lipinski definition) is 2. The normalized spacial score (nSPS) is 16.0. The van der Waals surface area contributed by atoms with Crippen molar-refractivity contribution in [1.29, 1.82) is 0 Å². The van der Waals surface area contributed by atoms with Crippen LogP contribution in [-0.4, -0.2) is 27.8 Å². The van der Waals surface area contributed by atoms with Gasteiger partial charge in [-0.05, 0) is 0 Å². The van der Waals surface area contributed by atoms with Crippen LogP contribution < -0.4 is 5.73 Å². The van der Waals surface area contributed by atoms with Gasteiger partial charge in [0.25, 0.3) is 0 Å². The van der Waals surface area contributed by atoms with Crippen LogP contribution in [0.15, 0.2) is 12.5 Å². The summed E-state index contributed by atoms with van der Waals surface area (Å²) in [4.78, 5) is 3.98. The van der Waals surface area contributed by atoms with E-state index >= 15 is 0 Å². The Labute approximate surface area is 72.0 Å². The first kappa shape index (κ1) is 9.22. The SMILES string of the molecule is Cn1cncc1C(C)(CN)CO. The molecule has 0 bridgehead atoms. The van der Waals surface area contributed by atoms with E-state index in [2.05, 4.69) is 4.98 Å². The van der Waals surface area contributed by atoms with Crippen LogP contribution in [0.1, 0.15) is 12.6 Å². The maximum absolute atomic E-state index is 9.16. The van der Waals surface area contributed by atoms with E-state index < -0.39 is 0 Å². The van der Waals surface area contributed by atoms with Crippen molar-refractivity contribution in [2.45, 2.75) is 12.3 Å². The van der Waals surface area contributed by atoms with E-state index in [9.17, 15) is 0 Å². The van der Waals surface area contributed by atoms with E-state index in [0.29, 0.717) is 6.54 Å². The van der Waals surface area contributed by atoms with E-state index in [1.54, 1.807) is 12.5 Å². The van der Waals surface area contributed by atoms with Gasteiger partial charge in [-0.15, -0.1) is 0 Å². The molecule has 0 radical (unpaired) electrons. The molecule has 1 aromatic rings. The van der Waals surface area contributed by atoms with Gasteiger partial charge in [0.15, 0.2) is 0 Å². The lowest BCUT2D eigenvalue weighted by Gasteiger charge is -2.25. The molecule has 12 heavy (non-hydrogen) atoms. The molecule has 0 aliphatic rings. The van der Waals surface area contributed by atoms with E-state index in [4.69, 9.17) is 10.8 Å². The Morgan fingerprint density at radius 2 is 2.42 bits per heavy atom. The Morgan fingerprint density at radius 1 is 1.75 bits per heavy atom. The minimum atomic E-state index is -0.370. The fourth-order valence-electron chi connectivity index (χ4n) is 1.19. The zero-order valence-corrected chi connectivity index (χ0v) is 7.49. The van der Waals surface area contributed by atoms with Crippen molar-refractivity contribution in [3.05, 3.63) is 18.2 Å². The van der Waals surface area contributed by atoms with E-state index in [1.165, 1.54) is 0 Å². The molecule has 0 spiro atoms. The maximum atomic E-state index is 9.16. The van der Waals surface area contributed by atoms with Crippen LogP contribution in [0.3, 0.4) is 0 Å². The van der Waals surface area contributed by atoms with Crippen molar-refractivity contribution >= 4 is 0 Å². The first-order valence-corrected chi connectivity index (χ1v) is 3.92. The minimum Gasteiger partial charge on any atom is -0.395 e. The Hall–Kier alpha value is -0.870. The topological polar surface area (TPSA) is 64.1 Å². The van der Waals surface area contributed by atoms with Gasteiger partial charge in [-0.1, -0.05) is 6.92 Å². The zero-order valence-electron chi connectivity index (χ0n) is 7.49. The van der Waals surface area contributed by atoms with E-state index in [1.807, 2.05) is 18.5 Å². The Morgan fingerprint density at radius 3 is 2.75 bits per heavy atom. The van der Waals surface area contributed by atoms with Crippen LogP contribution in [0.5, 0.6) is 0 Å². The monoisotopic (exact) mass is 169 g/mol. The largest absolute Gasteiger partial charge is 0.395 e. The molecule has 0 aliphatic heterocycles. The molecule has 1 aromatic heterocycles. The van der Waals surface area contributed by atoms with Crippen molar-refractivity contribution in [1.82, 2.24) is 9.55 Å². The van der Waals surface area contributed by atoms with Crippen molar-refractivity contribution in [2.24, 2.45) is 12.8 Å². The third-order valence-corrected chi connectivity index (χ3v) is 2.23. The molecule has 0 amide bonds. The van der Waals surface area contributed by atoms with E-state index in [-0.39, 0.29) is 12.0 Å². The van der Waals surface area contributed by atoms with Gasteiger partial charge in [0, 0.05) is 30.9 Å². The number of nitrogens with two attached hydrogens (primary N) is 1. The molecular weight excluding hydrogens is 154 g/mol. The molecule has 0 saturated carbocycles. The molecule has 4 heteroatoms. The van der Waals surface area contributed by atoms with Crippen molar-refractivity contribution in [3.63, 3.8) is 0 Å². The van der Waals surface area contributed by atoms with Gasteiger partial charge in [-0.2, -0.15) is 0 Å². The van der Waals surface area contributed by atoms with Crippen LogP contribution in [0.25, 0.3) is 0 Å². The highest BCUT2D eigenvalue weighted by molar-refractivity contribution is 5.14. The van der Waals surface area contributed by atoms with Gasteiger partial charge in [0.1, 0.15) is 0 Å². The summed E-state index contributed by atoms with van der Waals surface area (Å²) in [5.74, 6) is 0. The van der Waals surface area contributed by atoms with Crippen LogP contribution in [0.2, 0.25) is 0 Å². The molecule has 1 rings (SSSR count). The second-order valence-electron chi connectivity index (χ2n) is 3.31. The molecule has 1 unspecified atom stereocenters. The molecule has 0 fully saturated rings.